The van der Waals surface area contributed by atoms with E-state index in [0.717, 1.165) is 20.9 Å². The average Bonchev–Trinajstić information content (AvgIpc) is 3.68. The number of aromatic hydroxyl groups is 1. The third-order valence-corrected chi connectivity index (χ3v) is 8.02. The predicted octanol–water partition coefficient (Wildman–Crippen LogP) is 6.43. The zero-order chi connectivity index (χ0) is 32.8. The number of fused-ring (bicyclic) bond motifs is 1. The summed E-state index contributed by atoms with van der Waals surface area (Å²) in [5, 5.41) is 16.1. The number of esters is 1. The van der Waals surface area contributed by atoms with E-state index in [0.29, 0.717) is 11.1 Å². The van der Waals surface area contributed by atoms with Gasteiger partial charge in [0.15, 0.2) is 11.5 Å². The molecule has 5 rings (SSSR count). The highest BCUT2D eigenvalue weighted by Gasteiger charge is 2.32. The number of hydrogen-bond acceptors (Lipinski definition) is 8. The number of nitrogens with zero attached hydrogens (tertiary/aromatic N) is 1. The molecule has 0 aliphatic heterocycles. The van der Waals surface area contributed by atoms with Crippen molar-refractivity contribution in [2.75, 3.05) is 7.11 Å². The van der Waals surface area contributed by atoms with E-state index in [4.69, 9.17) is 13.9 Å². The first kappa shape index (κ1) is 32.3. The molecule has 0 fully saturated rings. The van der Waals surface area contributed by atoms with Crippen molar-refractivity contribution in [3.05, 3.63) is 106 Å². The van der Waals surface area contributed by atoms with Gasteiger partial charge in [0.05, 0.1) is 12.6 Å². The normalized spacial score (nSPS) is 12.5. The van der Waals surface area contributed by atoms with Gasteiger partial charge in [-0.3, -0.25) is 4.79 Å². The van der Waals surface area contributed by atoms with Gasteiger partial charge in [-0.25, -0.2) is 14.6 Å². The average molecular weight is 690 g/mol. The minimum absolute atomic E-state index is 0.0225. The van der Waals surface area contributed by atoms with Crippen molar-refractivity contribution >= 4 is 44.8 Å². The number of nitrogens with one attached hydrogen (secondary N) is 3. The van der Waals surface area contributed by atoms with Crippen molar-refractivity contribution in [1.82, 2.24) is 20.6 Å². The molecule has 4 N–H and O–H groups in total. The van der Waals surface area contributed by atoms with Crippen LogP contribution in [0.2, 0.25) is 0 Å². The lowest BCUT2D eigenvalue weighted by Gasteiger charge is -2.24. The Labute approximate surface area is 273 Å². The van der Waals surface area contributed by atoms with Crippen molar-refractivity contribution in [3.63, 3.8) is 0 Å². The number of H-pyrrole nitrogens is 1. The molecule has 0 radical (unpaired) electrons. The van der Waals surface area contributed by atoms with Crippen molar-refractivity contribution in [2.24, 2.45) is 5.92 Å². The van der Waals surface area contributed by atoms with Gasteiger partial charge < -0.3 is 34.6 Å². The largest absolute Gasteiger partial charge is 0.508 e. The van der Waals surface area contributed by atoms with Gasteiger partial charge in [-0.05, 0) is 51.2 Å². The number of oxazole rings is 1. The Morgan fingerprint density at radius 1 is 0.978 bits per heavy atom. The van der Waals surface area contributed by atoms with Gasteiger partial charge in [0.2, 0.25) is 11.8 Å². The highest BCUT2D eigenvalue weighted by molar-refractivity contribution is 9.10. The Kier molecular flexibility index (Phi) is 10.1. The fourth-order valence-electron chi connectivity index (χ4n) is 4.94. The van der Waals surface area contributed by atoms with Crippen LogP contribution in [0.5, 0.6) is 5.75 Å². The van der Waals surface area contributed by atoms with Crippen LogP contribution >= 0.6 is 15.9 Å². The third kappa shape index (κ3) is 7.40. The summed E-state index contributed by atoms with van der Waals surface area (Å²) in [4.78, 5) is 47.2. The Morgan fingerprint density at radius 2 is 1.72 bits per heavy atom. The summed E-state index contributed by atoms with van der Waals surface area (Å²) < 4.78 is 17.5. The number of benzene rings is 3. The Hall–Kier alpha value is -5.10. The second-order valence-corrected chi connectivity index (χ2v) is 11.8. The lowest BCUT2D eigenvalue weighted by atomic mass is 10.0. The first-order valence-corrected chi connectivity index (χ1v) is 15.3. The molecule has 2 heterocycles. The molecule has 2 amide bonds. The van der Waals surface area contributed by atoms with Crippen LogP contribution in [-0.4, -0.2) is 46.2 Å². The number of methoxy groups -OCH3 is 1. The number of hydrogen-bond donors (Lipinski definition) is 4. The number of rotatable bonds is 11. The van der Waals surface area contributed by atoms with Crippen LogP contribution in [0.1, 0.15) is 47.4 Å². The number of alkyl carbamates (subject to hydrolysis) is 1. The number of phenolic OH excluding ortho intramolecular Hbond substituents is 1. The van der Waals surface area contributed by atoms with Crippen LogP contribution < -0.4 is 10.6 Å². The second-order valence-electron chi connectivity index (χ2n) is 10.9. The molecule has 11 nitrogen and oxygen atoms in total. The zero-order valence-electron chi connectivity index (χ0n) is 25.4. The topological polar surface area (TPSA) is 156 Å². The zero-order valence-corrected chi connectivity index (χ0v) is 27.0. The van der Waals surface area contributed by atoms with E-state index < -0.39 is 30.1 Å². The van der Waals surface area contributed by atoms with Gasteiger partial charge in [0.1, 0.15) is 24.4 Å². The van der Waals surface area contributed by atoms with Crippen LogP contribution in [0.4, 0.5) is 4.79 Å². The fourth-order valence-corrected chi connectivity index (χ4v) is 5.42. The molecule has 0 aliphatic rings. The molecule has 0 spiro atoms. The van der Waals surface area contributed by atoms with Crippen molar-refractivity contribution < 1.29 is 33.4 Å². The maximum atomic E-state index is 13.8. The quantitative estimate of drug-likeness (QED) is 0.116. The van der Waals surface area contributed by atoms with Crippen molar-refractivity contribution in [1.29, 1.82) is 0 Å². The van der Waals surface area contributed by atoms with E-state index in [9.17, 15) is 19.5 Å². The number of aromatic amines is 1. The van der Waals surface area contributed by atoms with Gasteiger partial charge >= 0.3 is 12.1 Å². The molecule has 5 aromatic rings. The number of carbonyl (C=O) groups excluding carboxylic acids is 3. The molecule has 2 aromatic heterocycles. The smallest absolute Gasteiger partial charge is 0.408 e. The Balaban J connectivity index is 1.43. The molecule has 0 aliphatic carbocycles. The van der Waals surface area contributed by atoms with E-state index >= 15 is 0 Å². The number of para-hydroxylation sites is 1. The summed E-state index contributed by atoms with van der Waals surface area (Å²) in [6.07, 6.45) is 1.04. The van der Waals surface area contributed by atoms with Crippen LogP contribution in [0.25, 0.3) is 22.2 Å². The SMILES string of the molecule is COC(=O)c1nc([C@@H](NC(=O)[C@H](Cc2ccc(O)cc2)NC(=O)OCc2ccccc2)C(C)C)oc1-c1c[nH]c2c(Br)cccc12. The lowest BCUT2D eigenvalue weighted by Crippen LogP contribution is -2.49. The van der Waals surface area contributed by atoms with E-state index in [1.807, 2.05) is 62.4 Å². The first-order chi connectivity index (χ1) is 22.1. The van der Waals surface area contributed by atoms with Crippen molar-refractivity contribution in [2.45, 2.75) is 39.0 Å². The fraction of sp³-hybridized carbons (Fsp3) is 0.235. The summed E-state index contributed by atoms with van der Waals surface area (Å²) in [5.41, 5.74) is 2.85. The highest BCUT2D eigenvalue weighted by Crippen LogP contribution is 2.36. The molecule has 0 bridgehead atoms. The van der Waals surface area contributed by atoms with E-state index in [2.05, 4.69) is 36.5 Å². The molecule has 0 saturated heterocycles. The van der Waals surface area contributed by atoms with Gasteiger partial charge in [0.25, 0.3) is 0 Å². The molecule has 238 valence electrons. The number of carbonyl (C=O) groups is 3. The van der Waals surface area contributed by atoms with Gasteiger partial charge in [-0.2, -0.15) is 0 Å². The van der Waals surface area contributed by atoms with E-state index in [1.54, 1.807) is 18.3 Å². The van der Waals surface area contributed by atoms with Gasteiger partial charge in [-0.1, -0.05) is 68.4 Å². The second kappa shape index (κ2) is 14.3. The monoisotopic (exact) mass is 688 g/mol. The number of ether oxygens (including phenoxy) is 2. The standard InChI is InChI=1S/C34H33BrN4O7/c1-19(2)27(32-39-29(33(42)44-3)30(46-32)24-17-36-28-23(24)10-7-11-25(28)35)38-31(41)26(16-20-12-14-22(40)15-13-20)37-34(43)45-18-21-8-5-4-6-9-21/h4-15,17,19,26-27,36,40H,16,18H2,1-3H3,(H,37,43)(H,38,41)/t26-,27-/m0/s1. The highest BCUT2D eigenvalue weighted by atomic mass is 79.9. The molecule has 12 heteroatoms. The van der Waals surface area contributed by atoms with Crippen LogP contribution in [0, 0.1) is 5.92 Å². The number of phenols is 1. The summed E-state index contributed by atoms with van der Waals surface area (Å²) in [6, 6.07) is 19.3. The van der Waals surface area contributed by atoms with Crippen LogP contribution in [0.15, 0.2) is 87.9 Å². The van der Waals surface area contributed by atoms with E-state index in [-0.39, 0.29) is 42.0 Å². The molecule has 0 unspecified atom stereocenters. The lowest BCUT2D eigenvalue weighted by molar-refractivity contribution is -0.124. The minimum atomic E-state index is -1.06. The Bertz CT molecular complexity index is 1830. The van der Waals surface area contributed by atoms with Gasteiger partial charge in [0, 0.05) is 28.0 Å². The maximum Gasteiger partial charge on any atom is 0.408 e. The predicted molar refractivity (Wildman–Crippen MR) is 174 cm³/mol. The summed E-state index contributed by atoms with van der Waals surface area (Å²) in [6.45, 7) is 3.76. The van der Waals surface area contributed by atoms with E-state index in [1.165, 1.54) is 19.2 Å². The molecule has 2 atom stereocenters. The summed E-state index contributed by atoms with van der Waals surface area (Å²) in [5.74, 6) is -1.11. The molecule has 0 saturated carbocycles. The van der Waals surface area contributed by atoms with Crippen LogP contribution in [0.3, 0.4) is 0 Å². The van der Waals surface area contributed by atoms with Crippen molar-refractivity contribution in [3.8, 4) is 17.1 Å². The first-order valence-electron chi connectivity index (χ1n) is 14.5. The summed E-state index contributed by atoms with van der Waals surface area (Å²) >= 11 is 3.53. The number of halogens is 1. The third-order valence-electron chi connectivity index (χ3n) is 7.36. The maximum absolute atomic E-state index is 13.8. The molecular weight excluding hydrogens is 656 g/mol. The summed E-state index contributed by atoms with van der Waals surface area (Å²) in [7, 11) is 1.25. The molecular formula is C34H33BrN4O7. The number of aromatic nitrogens is 2. The van der Waals surface area contributed by atoms with Gasteiger partial charge in [-0.15, -0.1) is 0 Å². The number of amides is 2. The Morgan fingerprint density at radius 3 is 2.41 bits per heavy atom. The van der Waals surface area contributed by atoms with Crippen LogP contribution in [-0.2, 0) is 27.3 Å². The minimum Gasteiger partial charge on any atom is -0.508 e. The molecule has 3 aromatic carbocycles. The molecule has 46 heavy (non-hydrogen) atoms.